The average Bonchev–Trinajstić information content (AvgIpc) is 2.78. The molecule has 2 aromatic rings. The molecule has 0 saturated heterocycles. The van der Waals surface area contributed by atoms with Crippen LogP contribution in [0.15, 0.2) is 26.9 Å². The fourth-order valence-electron chi connectivity index (χ4n) is 2.26. The molecule has 0 aromatic carbocycles. The van der Waals surface area contributed by atoms with Gasteiger partial charge in [0, 0.05) is 16.8 Å². The van der Waals surface area contributed by atoms with E-state index in [2.05, 4.69) is 9.88 Å². The normalized spacial score (nSPS) is 22.6. The maximum atomic E-state index is 12.3. The van der Waals surface area contributed by atoms with Gasteiger partial charge in [-0.1, -0.05) is 11.2 Å². The van der Waals surface area contributed by atoms with Gasteiger partial charge in [0.1, 0.15) is 10.6 Å². The Morgan fingerprint density at radius 1 is 1.47 bits per heavy atom. The first-order valence-electron chi connectivity index (χ1n) is 5.97. The summed E-state index contributed by atoms with van der Waals surface area (Å²) in [4.78, 5) is 1.40. The Balaban J connectivity index is 1.78. The minimum Gasteiger partial charge on any atom is -0.360 e. The van der Waals surface area contributed by atoms with Gasteiger partial charge in [0.05, 0.1) is 0 Å². The van der Waals surface area contributed by atoms with E-state index >= 15 is 0 Å². The molecule has 1 aliphatic rings. The number of nitrogens with zero attached hydrogens (tertiary/aromatic N) is 1. The largest absolute Gasteiger partial charge is 0.360 e. The van der Waals surface area contributed by atoms with E-state index in [1.165, 1.54) is 4.88 Å². The molecule has 5 nitrogen and oxygen atoms in total. The number of aromatic nitrogens is 1. The van der Waals surface area contributed by atoms with Crippen molar-refractivity contribution in [2.24, 2.45) is 0 Å². The minimum absolute atomic E-state index is 0.0163. The van der Waals surface area contributed by atoms with Gasteiger partial charge in [0.25, 0.3) is 0 Å². The van der Waals surface area contributed by atoms with Gasteiger partial charge in [0.2, 0.25) is 10.0 Å². The molecule has 2 atom stereocenters. The van der Waals surface area contributed by atoms with Crippen molar-refractivity contribution in [2.45, 2.75) is 37.1 Å². The highest BCUT2D eigenvalue weighted by Gasteiger charge is 2.42. The lowest BCUT2D eigenvalue weighted by molar-refractivity contribution is 0.390. The average molecular weight is 298 g/mol. The fraction of sp³-hybridized carbons (Fsp3) is 0.417. The van der Waals surface area contributed by atoms with E-state index in [0.29, 0.717) is 17.4 Å². The Morgan fingerprint density at radius 3 is 2.84 bits per heavy atom. The van der Waals surface area contributed by atoms with Gasteiger partial charge in [0.15, 0.2) is 5.76 Å². The van der Waals surface area contributed by atoms with Gasteiger partial charge >= 0.3 is 0 Å². The maximum Gasteiger partial charge on any atom is 0.246 e. The van der Waals surface area contributed by atoms with E-state index in [9.17, 15) is 8.42 Å². The van der Waals surface area contributed by atoms with Gasteiger partial charge in [-0.3, -0.25) is 0 Å². The highest BCUT2D eigenvalue weighted by molar-refractivity contribution is 7.89. The lowest BCUT2D eigenvalue weighted by Crippen LogP contribution is -2.27. The first-order chi connectivity index (χ1) is 8.99. The molecule has 2 aromatic heterocycles. The van der Waals surface area contributed by atoms with Gasteiger partial charge in [-0.15, -0.1) is 11.3 Å². The van der Waals surface area contributed by atoms with Crippen LogP contribution >= 0.6 is 11.3 Å². The summed E-state index contributed by atoms with van der Waals surface area (Å²) < 4.78 is 32.2. The van der Waals surface area contributed by atoms with Crippen molar-refractivity contribution in [1.82, 2.24) is 9.88 Å². The summed E-state index contributed by atoms with van der Waals surface area (Å²) in [5.74, 6) is 0.633. The highest BCUT2D eigenvalue weighted by atomic mass is 32.2. The topological polar surface area (TPSA) is 72.2 Å². The van der Waals surface area contributed by atoms with Crippen molar-refractivity contribution in [1.29, 1.82) is 0 Å². The molecule has 0 radical (unpaired) electrons. The third-order valence-corrected chi connectivity index (χ3v) is 5.98. The molecule has 19 heavy (non-hydrogen) atoms. The molecule has 1 N–H and O–H groups in total. The van der Waals surface area contributed by atoms with E-state index < -0.39 is 10.0 Å². The van der Waals surface area contributed by atoms with Crippen LogP contribution in [0.1, 0.15) is 28.7 Å². The van der Waals surface area contributed by atoms with Crippen molar-refractivity contribution in [3.05, 3.63) is 33.8 Å². The Hall–Kier alpha value is -1.18. The van der Waals surface area contributed by atoms with Gasteiger partial charge in [-0.25, -0.2) is 13.1 Å². The van der Waals surface area contributed by atoms with E-state index in [1.54, 1.807) is 25.2 Å². The number of rotatable bonds is 4. The zero-order valence-corrected chi connectivity index (χ0v) is 12.2. The molecule has 7 heteroatoms. The smallest absolute Gasteiger partial charge is 0.246 e. The number of hydrogen-bond donors (Lipinski definition) is 1. The van der Waals surface area contributed by atoms with Gasteiger partial charge in [-0.05, 0) is 31.7 Å². The molecule has 1 fully saturated rings. The SMILES string of the molecule is Cc1noc(C)c1S(=O)(=O)NC1CC1c1cccs1. The quantitative estimate of drug-likeness (QED) is 0.939. The molecule has 0 bridgehead atoms. The predicted octanol–water partition coefficient (Wildman–Crippen LogP) is 2.19. The molecular formula is C12H14N2O3S2. The second-order valence-corrected chi connectivity index (χ2v) is 7.37. The number of thiophene rings is 1. The first kappa shape index (κ1) is 12.8. The second kappa shape index (κ2) is 4.43. The van der Waals surface area contributed by atoms with Crippen LogP contribution in [-0.2, 0) is 10.0 Å². The van der Waals surface area contributed by atoms with Crippen LogP contribution in [0.25, 0.3) is 0 Å². The van der Waals surface area contributed by atoms with Crippen molar-refractivity contribution >= 4 is 21.4 Å². The summed E-state index contributed by atoms with van der Waals surface area (Å²) in [5, 5.41) is 5.69. The third-order valence-electron chi connectivity index (χ3n) is 3.24. The zero-order chi connectivity index (χ0) is 13.6. The molecule has 102 valence electrons. The molecule has 2 heterocycles. The van der Waals surface area contributed by atoms with Crippen LogP contribution in [-0.4, -0.2) is 19.6 Å². The monoisotopic (exact) mass is 298 g/mol. The standard InChI is InChI=1S/C12H14N2O3S2/c1-7-12(8(2)17-13-7)19(15,16)14-10-6-9(10)11-4-3-5-18-11/h3-5,9-10,14H,6H2,1-2H3. The summed E-state index contributed by atoms with van der Waals surface area (Å²) in [5.41, 5.74) is 0.401. The third kappa shape index (κ3) is 2.33. The predicted molar refractivity (Wildman–Crippen MR) is 71.8 cm³/mol. The number of hydrogen-bond acceptors (Lipinski definition) is 5. The zero-order valence-electron chi connectivity index (χ0n) is 10.6. The fourth-order valence-corrected chi connectivity index (χ4v) is 4.78. The van der Waals surface area contributed by atoms with Crippen LogP contribution in [0.4, 0.5) is 0 Å². The van der Waals surface area contributed by atoms with E-state index in [0.717, 1.165) is 6.42 Å². The Kier molecular flexibility index (Phi) is 2.99. The Labute approximate surface area is 115 Å². The van der Waals surface area contributed by atoms with Gasteiger partial charge < -0.3 is 4.52 Å². The van der Waals surface area contributed by atoms with Crippen LogP contribution in [0.3, 0.4) is 0 Å². The molecular weight excluding hydrogens is 284 g/mol. The lowest BCUT2D eigenvalue weighted by Gasteiger charge is -2.05. The van der Waals surface area contributed by atoms with Gasteiger partial charge in [-0.2, -0.15) is 0 Å². The molecule has 1 saturated carbocycles. The molecule has 0 amide bonds. The number of nitrogens with one attached hydrogen (secondary N) is 1. The minimum atomic E-state index is -3.54. The van der Waals surface area contributed by atoms with Crippen molar-refractivity contribution < 1.29 is 12.9 Å². The van der Waals surface area contributed by atoms with Crippen molar-refractivity contribution in [3.8, 4) is 0 Å². The molecule has 0 aliphatic heterocycles. The summed E-state index contributed by atoms with van der Waals surface area (Å²) in [6.45, 7) is 3.24. The Bertz CT molecular complexity index is 669. The Morgan fingerprint density at radius 2 is 2.26 bits per heavy atom. The van der Waals surface area contributed by atoms with Crippen molar-refractivity contribution in [2.75, 3.05) is 0 Å². The van der Waals surface area contributed by atoms with Crippen LogP contribution < -0.4 is 4.72 Å². The van der Waals surface area contributed by atoms with Crippen LogP contribution in [0, 0.1) is 13.8 Å². The maximum absolute atomic E-state index is 12.3. The molecule has 1 aliphatic carbocycles. The number of sulfonamides is 1. The number of aryl methyl sites for hydroxylation is 2. The van der Waals surface area contributed by atoms with Crippen molar-refractivity contribution in [3.63, 3.8) is 0 Å². The summed E-state index contributed by atoms with van der Waals surface area (Å²) in [7, 11) is -3.54. The van der Waals surface area contributed by atoms with Crippen LogP contribution in [0.5, 0.6) is 0 Å². The van der Waals surface area contributed by atoms with E-state index in [1.807, 2.05) is 17.5 Å². The van der Waals surface area contributed by atoms with Crippen LogP contribution in [0.2, 0.25) is 0 Å². The summed E-state index contributed by atoms with van der Waals surface area (Å²) in [6, 6.07) is 4.01. The second-order valence-electron chi connectivity index (χ2n) is 4.74. The lowest BCUT2D eigenvalue weighted by atomic mass is 10.3. The molecule has 0 spiro atoms. The molecule has 3 rings (SSSR count). The highest BCUT2D eigenvalue weighted by Crippen LogP contribution is 2.43. The van der Waals surface area contributed by atoms with E-state index in [-0.39, 0.29) is 10.9 Å². The first-order valence-corrected chi connectivity index (χ1v) is 8.34. The summed E-state index contributed by atoms with van der Waals surface area (Å²) >= 11 is 1.66. The molecule has 2 unspecified atom stereocenters. The van der Waals surface area contributed by atoms with E-state index in [4.69, 9.17) is 4.52 Å². The summed E-state index contributed by atoms with van der Waals surface area (Å²) in [6.07, 6.45) is 0.850.